The molecule has 1 N–H and O–H groups in total. The van der Waals surface area contributed by atoms with Crippen LogP contribution in [0.4, 0.5) is 4.39 Å². The van der Waals surface area contributed by atoms with Crippen LogP contribution in [0.5, 0.6) is 0 Å². The van der Waals surface area contributed by atoms with Gasteiger partial charge in [-0.15, -0.1) is 0 Å². The Bertz CT molecular complexity index is 453. The fourth-order valence-corrected chi connectivity index (χ4v) is 2.63. The molecule has 2 aromatic rings. The molecule has 1 aromatic carbocycles. The van der Waals surface area contributed by atoms with Crippen molar-refractivity contribution < 1.29 is 4.39 Å². The van der Waals surface area contributed by atoms with Crippen LogP contribution in [0.1, 0.15) is 24.1 Å². The molecule has 2 rings (SSSR count). The van der Waals surface area contributed by atoms with E-state index >= 15 is 0 Å². The second-order valence-corrected chi connectivity index (χ2v) is 4.74. The van der Waals surface area contributed by atoms with E-state index in [2.05, 4.69) is 29.1 Å². The Balaban J connectivity index is 2.16. The lowest BCUT2D eigenvalue weighted by atomic mass is 10.0. The van der Waals surface area contributed by atoms with Gasteiger partial charge in [-0.25, -0.2) is 4.39 Å². The van der Waals surface area contributed by atoms with Crippen molar-refractivity contribution in [2.75, 3.05) is 6.54 Å². The van der Waals surface area contributed by atoms with Crippen LogP contribution in [-0.4, -0.2) is 6.54 Å². The average Bonchev–Trinajstić information content (AvgIpc) is 2.85. The van der Waals surface area contributed by atoms with E-state index in [1.165, 1.54) is 11.6 Å². The van der Waals surface area contributed by atoms with E-state index in [1.807, 2.05) is 12.1 Å². The number of halogens is 1. The van der Waals surface area contributed by atoms with Crippen LogP contribution in [0, 0.1) is 5.82 Å². The molecular weight excluding hydrogens is 233 g/mol. The minimum absolute atomic E-state index is 0.120. The van der Waals surface area contributed by atoms with Crippen molar-refractivity contribution in [3.8, 4) is 0 Å². The summed E-state index contributed by atoms with van der Waals surface area (Å²) in [6.07, 6.45) is 0.692. The van der Waals surface area contributed by atoms with E-state index in [9.17, 15) is 4.39 Å². The third-order valence-electron chi connectivity index (χ3n) is 2.78. The molecule has 3 heteroatoms. The van der Waals surface area contributed by atoms with Crippen LogP contribution < -0.4 is 5.32 Å². The van der Waals surface area contributed by atoms with E-state index in [0.29, 0.717) is 6.42 Å². The lowest BCUT2D eigenvalue weighted by molar-refractivity contribution is 0.529. The highest BCUT2D eigenvalue weighted by atomic mass is 32.1. The Labute approximate surface area is 105 Å². The number of hydrogen-bond acceptors (Lipinski definition) is 2. The van der Waals surface area contributed by atoms with Crippen molar-refractivity contribution in [1.82, 2.24) is 5.32 Å². The molecule has 90 valence electrons. The Hall–Kier alpha value is -1.19. The van der Waals surface area contributed by atoms with Gasteiger partial charge >= 0.3 is 0 Å². The molecule has 0 saturated heterocycles. The zero-order valence-electron chi connectivity index (χ0n) is 9.82. The molecule has 1 aromatic heterocycles. The van der Waals surface area contributed by atoms with E-state index < -0.39 is 0 Å². The summed E-state index contributed by atoms with van der Waals surface area (Å²) >= 11 is 1.67. The first kappa shape index (κ1) is 12.3. The van der Waals surface area contributed by atoms with Gasteiger partial charge in [0.05, 0.1) is 0 Å². The summed E-state index contributed by atoms with van der Waals surface area (Å²) in [6, 6.07) is 9.28. The highest BCUT2D eigenvalue weighted by molar-refractivity contribution is 7.07. The molecule has 1 atom stereocenters. The van der Waals surface area contributed by atoms with Gasteiger partial charge in [0.2, 0.25) is 0 Å². The monoisotopic (exact) mass is 249 g/mol. The fraction of sp³-hybridized carbons (Fsp3) is 0.286. The minimum Gasteiger partial charge on any atom is -0.310 e. The molecular formula is C14H16FNS. The third kappa shape index (κ3) is 3.14. The van der Waals surface area contributed by atoms with Crippen molar-refractivity contribution in [1.29, 1.82) is 0 Å². The maximum atomic E-state index is 13.6. The van der Waals surface area contributed by atoms with Gasteiger partial charge < -0.3 is 5.32 Å². The quantitative estimate of drug-likeness (QED) is 0.850. The molecule has 1 nitrogen and oxygen atoms in total. The molecule has 0 amide bonds. The van der Waals surface area contributed by atoms with Gasteiger partial charge in [-0.05, 0) is 47.0 Å². The van der Waals surface area contributed by atoms with Crippen LogP contribution in [0.3, 0.4) is 0 Å². The van der Waals surface area contributed by atoms with Gasteiger partial charge in [0.15, 0.2) is 0 Å². The molecule has 0 fully saturated rings. The van der Waals surface area contributed by atoms with Crippen LogP contribution in [-0.2, 0) is 6.42 Å². The molecule has 0 aliphatic rings. The van der Waals surface area contributed by atoms with E-state index in [4.69, 9.17) is 0 Å². The summed E-state index contributed by atoms with van der Waals surface area (Å²) in [5, 5.41) is 7.58. The van der Waals surface area contributed by atoms with Crippen LogP contribution >= 0.6 is 11.3 Å². The second kappa shape index (κ2) is 5.94. The zero-order valence-corrected chi connectivity index (χ0v) is 10.6. The summed E-state index contributed by atoms with van der Waals surface area (Å²) in [6.45, 7) is 2.95. The number of likely N-dealkylation sites (N-methyl/N-ethyl adjacent to an activating group) is 1. The Morgan fingerprint density at radius 3 is 2.76 bits per heavy atom. The Kier molecular flexibility index (Phi) is 4.29. The molecule has 0 bridgehead atoms. The van der Waals surface area contributed by atoms with Gasteiger partial charge in [-0.2, -0.15) is 11.3 Å². The average molecular weight is 249 g/mol. The number of thiophene rings is 1. The number of hydrogen-bond donors (Lipinski definition) is 1. The number of nitrogens with one attached hydrogen (secondary N) is 1. The van der Waals surface area contributed by atoms with Gasteiger partial charge in [0.1, 0.15) is 5.82 Å². The van der Waals surface area contributed by atoms with Gasteiger partial charge in [0.25, 0.3) is 0 Å². The van der Waals surface area contributed by atoms with Crippen LogP contribution in [0.25, 0.3) is 0 Å². The first-order valence-electron chi connectivity index (χ1n) is 5.80. The molecule has 0 aliphatic carbocycles. The summed E-state index contributed by atoms with van der Waals surface area (Å²) in [5.41, 5.74) is 2.00. The Morgan fingerprint density at radius 2 is 2.12 bits per heavy atom. The summed E-state index contributed by atoms with van der Waals surface area (Å²) < 4.78 is 13.6. The topological polar surface area (TPSA) is 12.0 Å². The normalized spacial score (nSPS) is 12.6. The van der Waals surface area contributed by atoms with Crippen LogP contribution in [0.15, 0.2) is 41.1 Å². The standard InChI is InChI=1S/C14H16FNS/c1-2-16-14(12-7-8-17-10-12)9-11-5-3-4-6-13(11)15/h3-8,10,14,16H,2,9H2,1H3. The predicted octanol–water partition coefficient (Wildman–Crippen LogP) is 3.78. The minimum atomic E-state index is -0.120. The smallest absolute Gasteiger partial charge is 0.126 e. The molecule has 0 spiro atoms. The maximum absolute atomic E-state index is 13.6. The lowest BCUT2D eigenvalue weighted by Crippen LogP contribution is -2.22. The second-order valence-electron chi connectivity index (χ2n) is 3.96. The molecule has 0 saturated carbocycles. The van der Waals surface area contributed by atoms with Crippen molar-refractivity contribution >= 4 is 11.3 Å². The zero-order chi connectivity index (χ0) is 12.1. The highest BCUT2D eigenvalue weighted by Crippen LogP contribution is 2.22. The van der Waals surface area contributed by atoms with Crippen molar-refractivity contribution in [2.24, 2.45) is 0 Å². The van der Waals surface area contributed by atoms with E-state index in [1.54, 1.807) is 17.4 Å². The van der Waals surface area contributed by atoms with Crippen molar-refractivity contribution in [3.63, 3.8) is 0 Å². The first-order valence-corrected chi connectivity index (χ1v) is 6.74. The van der Waals surface area contributed by atoms with E-state index in [0.717, 1.165) is 12.1 Å². The number of rotatable bonds is 5. The van der Waals surface area contributed by atoms with Gasteiger partial charge in [0, 0.05) is 6.04 Å². The highest BCUT2D eigenvalue weighted by Gasteiger charge is 2.13. The van der Waals surface area contributed by atoms with Gasteiger partial charge in [-0.1, -0.05) is 25.1 Å². The largest absolute Gasteiger partial charge is 0.310 e. The van der Waals surface area contributed by atoms with E-state index in [-0.39, 0.29) is 11.9 Å². The third-order valence-corrected chi connectivity index (χ3v) is 3.48. The SMILES string of the molecule is CCNC(Cc1ccccc1F)c1ccsc1. The lowest BCUT2D eigenvalue weighted by Gasteiger charge is -2.17. The van der Waals surface area contributed by atoms with Crippen LogP contribution in [0.2, 0.25) is 0 Å². The molecule has 0 aliphatic heterocycles. The van der Waals surface area contributed by atoms with Crippen molar-refractivity contribution in [3.05, 3.63) is 58.0 Å². The predicted molar refractivity (Wildman–Crippen MR) is 70.8 cm³/mol. The van der Waals surface area contributed by atoms with Gasteiger partial charge in [-0.3, -0.25) is 0 Å². The summed E-state index contributed by atoms with van der Waals surface area (Å²) in [4.78, 5) is 0. The molecule has 1 heterocycles. The summed E-state index contributed by atoms with van der Waals surface area (Å²) in [7, 11) is 0. The first-order chi connectivity index (χ1) is 8.31. The molecule has 0 radical (unpaired) electrons. The Morgan fingerprint density at radius 1 is 1.29 bits per heavy atom. The fourth-order valence-electron chi connectivity index (χ4n) is 1.91. The maximum Gasteiger partial charge on any atom is 0.126 e. The van der Waals surface area contributed by atoms with Crippen molar-refractivity contribution in [2.45, 2.75) is 19.4 Å². The molecule has 1 unspecified atom stereocenters. The summed E-state index contributed by atoms with van der Waals surface area (Å²) in [5.74, 6) is -0.120. The molecule has 17 heavy (non-hydrogen) atoms. The number of benzene rings is 1.